The molecule has 0 aliphatic carbocycles. The van der Waals surface area contributed by atoms with Gasteiger partial charge in [0, 0.05) is 10.0 Å². The van der Waals surface area contributed by atoms with E-state index in [0.29, 0.717) is 0 Å². The average molecular weight is 500 g/mol. The molecule has 0 amide bonds. The smallest absolute Gasteiger partial charge is 0.116 e. The second-order valence-corrected chi connectivity index (χ2v) is 12.2. The number of hydrogen-bond acceptors (Lipinski definition) is 0. The van der Waals surface area contributed by atoms with Gasteiger partial charge in [-0.2, -0.15) is 0 Å². The Morgan fingerprint density at radius 2 is 0.844 bits per heavy atom. The highest BCUT2D eigenvalue weighted by Gasteiger charge is 2.46. The first-order valence-corrected chi connectivity index (χ1v) is 13.2. The lowest BCUT2D eigenvalue weighted by Gasteiger charge is -2.29. The molecule has 0 nitrogen and oxygen atoms in total. The first kappa shape index (κ1) is 24.8. The van der Waals surface area contributed by atoms with Crippen molar-refractivity contribution in [1.29, 1.82) is 0 Å². The van der Waals surface area contributed by atoms with Gasteiger partial charge >= 0.3 is 0 Å². The zero-order valence-electron chi connectivity index (χ0n) is 18.4. The van der Waals surface area contributed by atoms with Gasteiger partial charge in [-0.05, 0) is 79.4 Å². The van der Waals surface area contributed by atoms with E-state index >= 15 is 0 Å². The van der Waals surface area contributed by atoms with Crippen molar-refractivity contribution in [1.82, 2.24) is 0 Å². The van der Waals surface area contributed by atoms with Crippen LogP contribution in [0.2, 0.25) is 10.0 Å². The van der Waals surface area contributed by atoms with Gasteiger partial charge in [0.2, 0.25) is 0 Å². The fraction of sp³-hybridized carbons (Fsp3) is 0.143. The summed E-state index contributed by atoms with van der Waals surface area (Å²) in [4.78, 5) is 0. The van der Waals surface area contributed by atoms with Crippen molar-refractivity contribution in [2.24, 2.45) is 0 Å². The van der Waals surface area contributed by atoms with E-state index in [0.717, 1.165) is 32.9 Å². The van der Waals surface area contributed by atoms with Gasteiger partial charge in [-0.3, -0.25) is 0 Å². The topological polar surface area (TPSA) is 0 Å². The molecule has 32 heavy (non-hydrogen) atoms. The quantitative estimate of drug-likeness (QED) is 0.357. The predicted molar refractivity (Wildman–Crippen MR) is 140 cm³/mol. The fourth-order valence-electron chi connectivity index (χ4n) is 4.45. The highest BCUT2D eigenvalue weighted by atomic mass is 35.5. The molecule has 0 saturated heterocycles. The SMILES string of the molecule is Cc1c(Cl)c(C)c(C[P+](c2ccccc2)(c2ccccc2)c2ccccc2)c(C)c1Cl.[Cl-]. The van der Waals surface area contributed by atoms with E-state index in [1.54, 1.807) is 0 Å². The van der Waals surface area contributed by atoms with Crippen molar-refractivity contribution < 1.29 is 12.4 Å². The standard InChI is InChI=1S/C28H26Cl2P.ClH/c1-20-26(21(2)28(30)22(3)27(20)29)19-31(23-13-7-4-8-14-23,24-15-9-5-10-16-24)25-17-11-6-12-18-25;/h4-18H,19H2,1-3H3;1H/q+1;/p-1. The number of rotatable bonds is 5. The lowest BCUT2D eigenvalue weighted by Crippen LogP contribution is -3.00. The van der Waals surface area contributed by atoms with Gasteiger partial charge in [0.15, 0.2) is 0 Å². The van der Waals surface area contributed by atoms with Crippen LogP contribution in [0.25, 0.3) is 0 Å². The second-order valence-electron chi connectivity index (χ2n) is 7.96. The van der Waals surface area contributed by atoms with Crippen LogP contribution in [0.3, 0.4) is 0 Å². The minimum atomic E-state index is -2.00. The molecule has 0 spiro atoms. The van der Waals surface area contributed by atoms with Gasteiger partial charge in [-0.15, -0.1) is 0 Å². The van der Waals surface area contributed by atoms with Crippen LogP contribution < -0.4 is 28.3 Å². The third-order valence-corrected chi connectivity index (χ3v) is 11.7. The maximum atomic E-state index is 6.75. The molecular weight excluding hydrogens is 474 g/mol. The summed E-state index contributed by atoms with van der Waals surface area (Å²) in [7, 11) is -2.00. The lowest BCUT2D eigenvalue weighted by molar-refractivity contribution is -0.00000606. The van der Waals surface area contributed by atoms with E-state index in [2.05, 4.69) is 105 Å². The zero-order chi connectivity index (χ0) is 22.0. The molecule has 4 rings (SSSR count). The molecule has 0 aliphatic heterocycles. The highest BCUT2D eigenvalue weighted by Crippen LogP contribution is 2.59. The molecule has 0 N–H and O–H groups in total. The highest BCUT2D eigenvalue weighted by molar-refractivity contribution is 7.95. The molecular formula is C28H26Cl3P. The Kier molecular flexibility index (Phi) is 8.07. The molecule has 4 heteroatoms. The van der Waals surface area contributed by atoms with Crippen LogP contribution in [0.5, 0.6) is 0 Å². The number of benzene rings is 4. The van der Waals surface area contributed by atoms with Crippen LogP contribution in [0, 0.1) is 20.8 Å². The summed E-state index contributed by atoms with van der Waals surface area (Å²) >= 11 is 13.5. The Balaban J connectivity index is 0.00000289. The zero-order valence-corrected chi connectivity index (χ0v) is 21.6. The molecule has 4 aromatic carbocycles. The van der Waals surface area contributed by atoms with Crippen molar-refractivity contribution in [3.63, 3.8) is 0 Å². The second kappa shape index (κ2) is 10.4. The van der Waals surface area contributed by atoms with Crippen LogP contribution in [0.15, 0.2) is 91.0 Å². The van der Waals surface area contributed by atoms with E-state index < -0.39 is 7.26 Å². The van der Waals surface area contributed by atoms with Crippen LogP contribution >= 0.6 is 30.5 Å². The van der Waals surface area contributed by atoms with Crippen LogP contribution in [0.1, 0.15) is 22.3 Å². The maximum Gasteiger partial charge on any atom is 0.116 e. The van der Waals surface area contributed by atoms with E-state index in [1.165, 1.54) is 21.5 Å². The van der Waals surface area contributed by atoms with Crippen LogP contribution in [-0.4, -0.2) is 0 Å². The van der Waals surface area contributed by atoms with Gasteiger partial charge in [-0.25, -0.2) is 0 Å². The Bertz CT molecular complexity index is 1060. The molecule has 0 aromatic heterocycles. The Labute approximate surface area is 208 Å². The first-order valence-electron chi connectivity index (χ1n) is 10.5. The van der Waals surface area contributed by atoms with Gasteiger partial charge in [0.25, 0.3) is 0 Å². The molecule has 0 fully saturated rings. The molecule has 0 bridgehead atoms. The molecule has 0 heterocycles. The largest absolute Gasteiger partial charge is 1.00 e. The van der Waals surface area contributed by atoms with E-state index in [4.69, 9.17) is 23.2 Å². The maximum absolute atomic E-state index is 6.75. The van der Waals surface area contributed by atoms with Crippen LogP contribution in [-0.2, 0) is 6.16 Å². The molecule has 0 unspecified atom stereocenters. The summed E-state index contributed by atoms with van der Waals surface area (Å²) in [6, 6.07) is 32.8. The van der Waals surface area contributed by atoms with Gasteiger partial charge in [-0.1, -0.05) is 77.8 Å². The van der Waals surface area contributed by atoms with Crippen molar-refractivity contribution in [2.75, 3.05) is 0 Å². The third-order valence-electron chi connectivity index (χ3n) is 6.21. The number of hydrogen-bond donors (Lipinski definition) is 0. The lowest BCUT2D eigenvalue weighted by atomic mass is 10.0. The minimum absolute atomic E-state index is 0. The van der Waals surface area contributed by atoms with Crippen LogP contribution in [0.4, 0.5) is 0 Å². The van der Waals surface area contributed by atoms with Crippen molar-refractivity contribution in [2.45, 2.75) is 26.9 Å². The average Bonchev–Trinajstić information content (AvgIpc) is 2.83. The summed E-state index contributed by atoms with van der Waals surface area (Å²) in [5.74, 6) is 0. The Hall–Kier alpha value is -1.82. The summed E-state index contributed by atoms with van der Waals surface area (Å²) in [5, 5.41) is 5.63. The Morgan fingerprint density at radius 1 is 0.531 bits per heavy atom. The monoisotopic (exact) mass is 498 g/mol. The van der Waals surface area contributed by atoms with Crippen molar-refractivity contribution in [3.8, 4) is 0 Å². The van der Waals surface area contributed by atoms with Gasteiger partial charge < -0.3 is 12.4 Å². The summed E-state index contributed by atoms with van der Waals surface area (Å²) in [6.45, 7) is 6.26. The third kappa shape index (κ3) is 4.35. The predicted octanol–water partition coefficient (Wildman–Crippen LogP) is 4.42. The molecule has 4 aromatic rings. The first-order chi connectivity index (χ1) is 15.0. The van der Waals surface area contributed by atoms with Gasteiger partial charge in [0.05, 0.1) is 6.16 Å². The molecule has 0 aliphatic rings. The summed E-state index contributed by atoms with van der Waals surface area (Å²) < 4.78 is 0. The van der Waals surface area contributed by atoms with E-state index in [1.807, 2.05) is 6.92 Å². The van der Waals surface area contributed by atoms with E-state index in [9.17, 15) is 0 Å². The molecule has 0 atom stereocenters. The normalized spacial score (nSPS) is 11.2. The summed E-state index contributed by atoms with van der Waals surface area (Å²) in [5.41, 5.74) is 4.48. The number of halogens is 3. The van der Waals surface area contributed by atoms with Crippen molar-refractivity contribution in [3.05, 3.63) is 123 Å². The fourth-order valence-corrected chi connectivity index (χ4v) is 9.35. The summed E-state index contributed by atoms with van der Waals surface area (Å²) in [6.07, 6.45) is 0.877. The molecule has 0 radical (unpaired) electrons. The van der Waals surface area contributed by atoms with Gasteiger partial charge in [0.1, 0.15) is 23.2 Å². The molecule has 164 valence electrons. The van der Waals surface area contributed by atoms with E-state index in [-0.39, 0.29) is 12.4 Å². The van der Waals surface area contributed by atoms with Crippen molar-refractivity contribution >= 4 is 46.4 Å². The molecule has 0 saturated carbocycles. The minimum Gasteiger partial charge on any atom is -1.00 e. The Morgan fingerprint density at radius 3 is 1.16 bits per heavy atom.